The Kier molecular flexibility index (Phi) is 8.02. The molecule has 3 nitrogen and oxygen atoms in total. The molecule has 0 aromatic rings. The summed E-state index contributed by atoms with van der Waals surface area (Å²) in [5.74, 6) is 0. The van der Waals surface area contributed by atoms with E-state index in [1.54, 1.807) is 7.11 Å². The van der Waals surface area contributed by atoms with Crippen LogP contribution in [0.2, 0.25) is 0 Å². The van der Waals surface area contributed by atoms with Crippen molar-refractivity contribution >= 4 is 29.1 Å². The summed E-state index contributed by atoms with van der Waals surface area (Å²) in [4.78, 5) is 0. The molecule has 0 spiro atoms. The number of methoxy groups -OCH3 is 1. The minimum atomic E-state index is 0.399. The van der Waals surface area contributed by atoms with Gasteiger partial charge >= 0.3 is 0 Å². The van der Waals surface area contributed by atoms with E-state index in [9.17, 15) is 0 Å². The molecule has 18 heavy (non-hydrogen) atoms. The molecule has 0 radical (unpaired) electrons. The van der Waals surface area contributed by atoms with Crippen molar-refractivity contribution in [2.75, 3.05) is 33.1 Å². The molecule has 0 amide bonds. The Morgan fingerprint density at radius 2 is 2.00 bits per heavy atom. The fourth-order valence-electron chi connectivity index (χ4n) is 2.37. The van der Waals surface area contributed by atoms with Gasteiger partial charge < -0.3 is 15.4 Å². The van der Waals surface area contributed by atoms with Gasteiger partial charge in [-0.05, 0) is 37.7 Å². The lowest BCUT2D eigenvalue weighted by atomic mass is 9.88. The normalized spacial score (nSPS) is 18.3. The van der Waals surface area contributed by atoms with Crippen molar-refractivity contribution in [1.82, 2.24) is 10.6 Å². The number of hydrogen-bond donors (Lipinski definition) is 2. The maximum Gasteiger partial charge on any atom is 0.166 e. The third-order valence-electron chi connectivity index (χ3n) is 3.58. The molecule has 1 rings (SSSR count). The molecule has 0 heterocycles. The molecule has 5 heteroatoms. The lowest BCUT2D eigenvalue weighted by molar-refractivity contribution is 0.195. The summed E-state index contributed by atoms with van der Waals surface area (Å²) in [7, 11) is 1.72. The molecule has 0 unspecified atom stereocenters. The third kappa shape index (κ3) is 5.76. The van der Waals surface area contributed by atoms with Gasteiger partial charge in [0.25, 0.3) is 0 Å². The Bertz CT molecular complexity index is 243. The predicted molar refractivity (Wildman–Crippen MR) is 84.4 cm³/mol. The van der Waals surface area contributed by atoms with Crippen LogP contribution in [0.3, 0.4) is 0 Å². The molecule has 106 valence electrons. The van der Waals surface area contributed by atoms with Crippen LogP contribution in [0.1, 0.15) is 38.5 Å². The van der Waals surface area contributed by atoms with Gasteiger partial charge in [0.2, 0.25) is 0 Å². The van der Waals surface area contributed by atoms with Gasteiger partial charge in [0.1, 0.15) is 0 Å². The first-order valence-corrected chi connectivity index (χ1v) is 8.41. The van der Waals surface area contributed by atoms with Crippen LogP contribution in [-0.2, 0) is 4.74 Å². The maximum absolute atomic E-state index is 5.30. The number of rotatable bonds is 7. The van der Waals surface area contributed by atoms with E-state index in [-0.39, 0.29) is 0 Å². The average Bonchev–Trinajstić information content (AvgIpc) is 2.42. The monoisotopic (exact) mass is 290 g/mol. The Morgan fingerprint density at radius 1 is 1.28 bits per heavy atom. The highest BCUT2D eigenvalue weighted by Gasteiger charge is 2.30. The van der Waals surface area contributed by atoms with Gasteiger partial charge in [-0.15, -0.1) is 0 Å². The second-order valence-electron chi connectivity index (χ2n) is 4.90. The Labute approximate surface area is 121 Å². The summed E-state index contributed by atoms with van der Waals surface area (Å²) in [6.45, 7) is 2.65. The third-order valence-corrected chi connectivity index (χ3v) is 5.29. The second-order valence-corrected chi connectivity index (χ2v) is 6.59. The van der Waals surface area contributed by atoms with Crippen molar-refractivity contribution in [2.45, 2.75) is 43.3 Å². The Hall–Kier alpha value is 0. The van der Waals surface area contributed by atoms with Crippen molar-refractivity contribution in [3.05, 3.63) is 0 Å². The molecular weight excluding hydrogens is 264 g/mol. The van der Waals surface area contributed by atoms with Crippen LogP contribution >= 0.6 is 24.0 Å². The van der Waals surface area contributed by atoms with E-state index in [0.717, 1.165) is 31.2 Å². The van der Waals surface area contributed by atoms with Crippen molar-refractivity contribution in [3.8, 4) is 0 Å². The Morgan fingerprint density at radius 3 is 2.61 bits per heavy atom. The van der Waals surface area contributed by atoms with Gasteiger partial charge in [0.15, 0.2) is 5.11 Å². The Balaban J connectivity index is 2.19. The molecule has 1 fully saturated rings. The molecule has 1 aliphatic rings. The number of thioether (sulfide) groups is 1. The van der Waals surface area contributed by atoms with Crippen molar-refractivity contribution in [1.29, 1.82) is 0 Å². The lowest BCUT2D eigenvalue weighted by Gasteiger charge is -2.36. The first-order chi connectivity index (χ1) is 8.72. The summed E-state index contributed by atoms with van der Waals surface area (Å²) in [5, 5.41) is 7.39. The van der Waals surface area contributed by atoms with Crippen LogP contribution < -0.4 is 10.6 Å². The zero-order valence-electron chi connectivity index (χ0n) is 11.6. The van der Waals surface area contributed by atoms with E-state index in [4.69, 9.17) is 17.0 Å². The molecule has 0 aromatic heterocycles. The summed E-state index contributed by atoms with van der Waals surface area (Å²) in [6.07, 6.45) is 9.95. The summed E-state index contributed by atoms with van der Waals surface area (Å²) in [6, 6.07) is 0. The smallest absolute Gasteiger partial charge is 0.166 e. The van der Waals surface area contributed by atoms with Crippen molar-refractivity contribution < 1.29 is 4.74 Å². The topological polar surface area (TPSA) is 33.3 Å². The molecule has 0 aliphatic heterocycles. The highest BCUT2D eigenvalue weighted by Crippen LogP contribution is 2.37. The molecular formula is C13H26N2OS2. The van der Waals surface area contributed by atoms with E-state index >= 15 is 0 Å². The molecule has 0 bridgehead atoms. The fourth-order valence-corrected chi connectivity index (χ4v) is 3.46. The van der Waals surface area contributed by atoms with Crippen molar-refractivity contribution in [2.24, 2.45) is 0 Å². The zero-order valence-corrected chi connectivity index (χ0v) is 13.2. The van der Waals surface area contributed by atoms with Gasteiger partial charge in [0, 0.05) is 31.6 Å². The SMILES string of the molecule is COCCCNC(=S)NCC1(SC)CCCCC1. The maximum atomic E-state index is 5.30. The number of thiocarbonyl (C=S) groups is 1. The largest absolute Gasteiger partial charge is 0.385 e. The van der Waals surface area contributed by atoms with E-state index in [0.29, 0.717) is 4.75 Å². The van der Waals surface area contributed by atoms with Gasteiger partial charge in [-0.1, -0.05) is 19.3 Å². The highest BCUT2D eigenvalue weighted by molar-refractivity contribution is 8.00. The van der Waals surface area contributed by atoms with Gasteiger partial charge in [0.05, 0.1) is 0 Å². The number of nitrogens with one attached hydrogen (secondary N) is 2. The van der Waals surface area contributed by atoms with Crippen LogP contribution in [0.15, 0.2) is 0 Å². The van der Waals surface area contributed by atoms with Crippen LogP contribution in [0.4, 0.5) is 0 Å². The number of ether oxygens (including phenoxy) is 1. The highest BCUT2D eigenvalue weighted by atomic mass is 32.2. The summed E-state index contributed by atoms with van der Waals surface area (Å²) in [5.41, 5.74) is 0. The standard InChI is InChI=1S/C13H26N2OS2/c1-16-10-6-9-14-12(17)15-11-13(18-2)7-4-3-5-8-13/h3-11H2,1-2H3,(H2,14,15,17). The lowest BCUT2D eigenvalue weighted by Crippen LogP contribution is -2.45. The zero-order chi connectivity index (χ0) is 13.3. The van der Waals surface area contributed by atoms with Crippen LogP contribution in [0.25, 0.3) is 0 Å². The first-order valence-electron chi connectivity index (χ1n) is 6.78. The van der Waals surface area contributed by atoms with Gasteiger partial charge in [-0.2, -0.15) is 11.8 Å². The van der Waals surface area contributed by atoms with Gasteiger partial charge in [-0.25, -0.2) is 0 Å². The quantitative estimate of drug-likeness (QED) is 0.556. The van der Waals surface area contributed by atoms with E-state index in [1.807, 2.05) is 11.8 Å². The number of hydrogen-bond acceptors (Lipinski definition) is 3. The van der Waals surface area contributed by atoms with Crippen LogP contribution in [0.5, 0.6) is 0 Å². The minimum absolute atomic E-state index is 0.399. The molecule has 2 N–H and O–H groups in total. The fraction of sp³-hybridized carbons (Fsp3) is 0.923. The van der Waals surface area contributed by atoms with E-state index in [1.165, 1.54) is 32.1 Å². The molecule has 1 aliphatic carbocycles. The average molecular weight is 290 g/mol. The molecule has 1 saturated carbocycles. The minimum Gasteiger partial charge on any atom is -0.385 e. The van der Waals surface area contributed by atoms with Gasteiger partial charge in [-0.3, -0.25) is 0 Å². The predicted octanol–water partition coefficient (Wildman–Crippen LogP) is 2.55. The second kappa shape index (κ2) is 8.99. The first kappa shape index (κ1) is 16.1. The summed E-state index contributed by atoms with van der Waals surface area (Å²) >= 11 is 7.29. The summed E-state index contributed by atoms with van der Waals surface area (Å²) < 4.78 is 5.40. The van der Waals surface area contributed by atoms with Crippen molar-refractivity contribution in [3.63, 3.8) is 0 Å². The van der Waals surface area contributed by atoms with E-state index < -0.39 is 0 Å². The molecule has 0 saturated heterocycles. The van der Waals surface area contributed by atoms with Crippen LogP contribution in [0, 0.1) is 0 Å². The van der Waals surface area contributed by atoms with Crippen LogP contribution in [-0.4, -0.2) is 42.9 Å². The molecule has 0 atom stereocenters. The van der Waals surface area contributed by atoms with E-state index in [2.05, 4.69) is 16.9 Å². The molecule has 0 aromatic carbocycles.